The molecule has 9 heteroatoms. The zero-order chi connectivity index (χ0) is 45.9. The highest BCUT2D eigenvalue weighted by atomic mass is 32.2. The fraction of sp³-hybridized carbons (Fsp3) is 0.418. The van der Waals surface area contributed by atoms with E-state index in [1.165, 1.54) is 85.8 Å². The van der Waals surface area contributed by atoms with Gasteiger partial charge in [-0.15, -0.1) is 0 Å². The summed E-state index contributed by atoms with van der Waals surface area (Å²) in [6, 6.07) is 28.6. The molecule has 0 fully saturated rings. The summed E-state index contributed by atoms with van der Waals surface area (Å²) < 4.78 is 5.98. The summed E-state index contributed by atoms with van der Waals surface area (Å²) in [5.41, 5.74) is 8.21. The summed E-state index contributed by atoms with van der Waals surface area (Å²) in [7, 11) is 1.42. The zero-order valence-corrected chi connectivity index (χ0v) is 41.8. The Bertz CT molecular complexity index is 2490. The highest BCUT2D eigenvalue weighted by Gasteiger charge is 2.41. The number of benzene rings is 4. The van der Waals surface area contributed by atoms with Crippen molar-refractivity contribution in [1.82, 2.24) is 0 Å². The Morgan fingerprint density at radius 2 is 1.59 bits per heavy atom. The third-order valence-corrected chi connectivity index (χ3v) is 16.0. The summed E-state index contributed by atoms with van der Waals surface area (Å²) in [6.45, 7) is 17.7. The van der Waals surface area contributed by atoms with Gasteiger partial charge in [0, 0.05) is 57.7 Å². The van der Waals surface area contributed by atoms with Crippen molar-refractivity contribution < 1.29 is 14.9 Å². The standard InChI is InChI=1S/C55H68N4O2S3/c1-9-12-29-46(51(60)61-8)62-52(56)64-53(57)63-50-40(31-34-47(58-36-13-10-2)54(4,5)44-28-20-23-38-21-15-17-26-42(38)44)24-19-25-41(50)32-35-48-55(6,7)49-43-27-18-16-22-39(43)30-33-45(49)59(48)37-14-11-3/h15-18,20-23,26-28,30-35,46,56-57H,9-14,19,24-25,29,36-37H2,1-8H3/p+1/b34-31+,41-32+,48-35+,56-52?,57-53?,58-47?. The maximum Gasteiger partial charge on any atom is 0.319 e. The Morgan fingerprint density at radius 1 is 0.906 bits per heavy atom. The predicted molar refractivity (Wildman–Crippen MR) is 282 cm³/mol. The summed E-state index contributed by atoms with van der Waals surface area (Å²) in [6.07, 6.45) is 19.0. The van der Waals surface area contributed by atoms with Crippen molar-refractivity contribution in [2.24, 2.45) is 4.99 Å². The molecule has 0 radical (unpaired) electrons. The lowest BCUT2D eigenvalue weighted by atomic mass is 9.77. The van der Waals surface area contributed by atoms with Crippen LogP contribution in [-0.4, -0.2) is 45.9 Å². The minimum Gasteiger partial charge on any atom is -0.468 e. The van der Waals surface area contributed by atoms with Crippen molar-refractivity contribution in [3.8, 4) is 0 Å². The van der Waals surface area contributed by atoms with Crippen molar-refractivity contribution in [3.63, 3.8) is 0 Å². The minimum atomic E-state index is -0.431. The first-order chi connectivity index (χ1) is 30.8. The minimum absolute atomic E-state index is 0.215. The molecule has 6 rings (SSSR count). The lowest BCUT2D eigenvalue weighted by Gasteiger charge is -2.28. The Balaban J connectivity index is 1.43. The smallest absolute Gasteiger partial charge is 0.319 e. The number of nitrogens with one attached hydrogen (secondary N) is 1. The molecule has 1 aliphatic heterocycles. The zero-order valence-electron chi connectivity index (χ0n) is 39.4. The number of esters is 1. The average Bonchev–Trinajstić information content (AvgIpc) is 3.51. The second-order valence-electron chi connectivity index (χ2n) is 18.0. The van der Waals surface area contributed by atoms with Gasteiger partial charge in [-0.1, -0.05) is 171 Å². The molecule has 0 bridgehead atoms. The molecule has 0 saturated carbocycles. The van der Waals surface area contributed by atoms with E-state index in [0.717, 1.165) is 81.5 Å². The Kier molecular flexibility index (Phi) is 17.5. The van der Waals surface area contributed by atoms with E-state index < -0.39 is 5.25 Å². The van der Waals surface area contributed by atoms with Crippen molar-refractivity contribution in [2.75, 3.05) is 25.1 Å². The number of nitrogens with zero attached hydrogens (tertiary/aromatic N) is 2. The molecule has 6 nitrogen and oxygen atoms in total. The second-order valence-corrected chi connectivity index (χ2v) is 21.8. The highest BCUT2D eigenvalue weighted by Crippen LogP contribution is 2.51. The number of hydrogen-bond acceptors (Lipinski definition) is 8. The molecule has 3 N–H and O–H groups in total. The Morgan fingerprint density at radius 3 is 2.31 bits per heavy atom. The molecule has 0 aromatic heterocycles. The number of methoxy groups -OCH3 is 1. The van der Waals surface area contributed by atoms with Crippen LogP contribution in [0.4, 0.5) is 5.69 Å². The van der Waals surface area contributed by atoms with Gasteiger partial charge in [-0.25, -0.2) is 5.41 Å². The molecule has 1 atom stereocenters. The second kappa shape index (κ2) is 22.7. The van der Waals surface area contributed by atoms with Gasteiger partial charge < -0.3 is 9.64 Å². The van der Waals surface area contributed by atoms with E-state index in [0.29, 0.717) is 15.2 Å². The normalized spacial score (nSPS) is 17.2. The van der Waals surface area contributed by atoms with Crippen LogP contribution in [0.5, 0.6) is 0 Å². The molecule has 338 valence electrons. The van der Waals surface area contributed by atoms with Gasteiger partial charge in [-0.3, -0.25) is 15.2 Å². The van der Waals surface area contributed by atoms with Gasteiger partial charge in [0.15, 0.2) is 0 Å². The number of unbranched alkanes of at least 4 members (excludes halogenated alkanes) is 3. The fourth-order valence-electron chi connectivity index (χ4n) is 9.14. The molecule has 4 aromatic rings. The van der Waals surface area contributed by atoms with E-state index in [1.54, 1.807) is 11.8 Å². The van der Waals surface area contributed by atoms with Crippen LogP contribution in [0, 0.1) is 5.41 Å². The van der Waals surface area contributed by atoms with Crippen molar-refractivity contribution in [2.45, 2.75) is 129 Å². The first-order valence-electron chi connectivity index (χ1n) is 23.3. The van der Waals surface area contributed by atoms with E-state index in [1.807, 2.05) is 0 Å². The van der Waals surface area contributed by atoms with Gasteiger partial charge in [0.2, 0.25) is 0 Å². The number of aliphatic imine (C=N–C) groups is 1. The molecule has 1 aliphatic carbocycles. The van der Waals surface area contributed by atoms with Crippen LogP contribution in [-0.2, 0) is 20.4 Å². The topological polar surface area (TPSA) is 91.3 Å². The number of ether oxygens (including phenoxy) is 1. The third kappa shape index (κ3) is 11.4. The monoisotopic (exact) mass is 913 g/mol. The van der Waals surface area contributed by atoms with Gasteiger partial charge >= 0.3 is 5.97 Å². The van der Waals surface area contributed by atoms with Crippen LogP contribution in [0.15, 0.2) is 130 Å². The van der Waals surface area contributed by atoms with Crippen LogP contribution in [0.25, 0.3) is 21.5 Å². The van der Waals surface area contributed by atoms with E-state index in [2.05, 4.69) is 157 Å². The first-order valence-corrected chi connectivity index (χ1v) is 25.8. The van der Waals surface area contributed by atoms with Crippen molar-refractivity contribution in [3.05, 3.63) is 136 Å². The molecule has 1 heterocycles. The Hall–Kier alpha value is -4.31. The number of hydrogen-bond donors (Lipinski definition) is 2. The van der Waals surface area contributed by atoms with Crippen LogP contribution in [0.1, 0.15) is 124 Å². The maximum absolute atomic E-state index is 12.7. The van der Waals surface area contributed by atoms with E-state index in [4.69, 9.17) is 20.5 Å². The fourth-order valence-corrected chi connectivity index (χ4v) is 12.5. The van der Waals surface area contributed by atoms with Gasteiger partial charge in [0.25, 0.3) is 4.38 Å². The highest BCUT2D eigenvalue weighted by molar-refractivity contribution is 8.54. The van der Waals surface area contributed by atoms with Gasteiger partial charge in [0.05, 0.1) is 7.11 Å². The van der Waals surface area contributed by atoms with Gasteiger partial charge in [-0.05, 0) is 112 Å². The summed E-state index contributed by atoms with van der Waals surface area (Å²) >= 11 is 4.03. The molecule has 0 saturated heterocycles. The van der Waals surface area contributed by atoms with Crippen molar-refractivity contribution >= 4 is 83.0 Å². The summed E-state index contributed by atoms with van der Waals surface area (Å²) in [5.74, 6) is -0.295. The van der Waals surface area contributed by atoms with Crippen molar-refractivity contribution in [1.29, 1.82) is 5.41 Å². The molecular formula is C55H69N4O2S3+. The number of nitrogens with two attached hydrogens (primary N) is 1. The lowest BCUT2D eigenvalue weighted by molar-refractivity contribution is -0.140. The number of allylic oxidation sites excluding steroid dienone is 7. The first kappa shape index (κ1) is 49.1. The number of carbonyl (C=O) groups is 1. The van der Waals surface area contributed by atoms with Crippen LogP contribution >= 0.6 is 35.3 Å². The third-order valence-electron chi connectivity index (χ3n) is 12.7. The maximum atomic E-state index is 12.7. The summed E-state index contributed by atoms with van der Waals surface area (Å²) in [4.78, 5) is 21.7. The number of rotatable bonds is 17. The van der Waals surface area contributed by atoms with E-state index >= 15 is 0 Å². The largest absolute Gasteiger partial charge is 0.468 e. The SMILES string of the molecule is CCCCN=C(/C=C/C1=C(SC(=[NH2+])SC(=N)SC(CCCC)C(=O)OC)C(=C/C=C2/N(CCCC)c3ccc4ccccc4c3C2(C)C)/CCC1)C(C)(C)c1cccc2ccccc12. The molecule has 0 spiro atoms. The number of thioether (sulfide) groups is 3. The van der Waals surface area contributed by atoms with Gasteiger partial charge in [-0.2, -0.15) is 0 Å². The predicted octanol–water partition coefficient (Wildman–Crippen LogP) is 13.9. The van der Waals surface area contributed by atoms with Crippen LogP contribution in [0.2, 0.25) is 0 Å². The van der Waals surface area contributed by atoms with Crippen LogP contribution in [0.3, 0.4) is 0 Å². The van der Waals surface area contributed by atoms with Gasteiger partial charge in [0.1, 0.15) is 9.63 Å². The molecule has 0 amide bonds. The number of carbonyl (C=O) groups excluding carboxylic acids is 1. The Labute approximate surface area is 396 Å². The lowest BCUT2D eigenvalue weighted by Crippen LogP contribution is -2.36. The molecule has 1 unspecified atom stereocenters. The molecular weight excluding hydrogens is 845 g/mol. The number of fused-ring (bicyclic) bond motifs is 4. The molecule has 64 heavy (non-hydrogen) atoms. The number of anilines is 1. The van der Waals surface area contributed by atoms with E-state index in [-0.39, 0.29) is 16.8 Å². The van der Waals surface area contributed by atoms with Crippen LogP contribution < -0.4 is 10.3 Å². The van der Waals surface area contributed by atoms with E-state index in [9.17, 15) is 4.79 Å². The molecule has 4 aromatic carbocycles. The molecule has 2 aliphatic rings. The quantitative estimate of drug-likeness (QED) is 0.0475. The average molecular weight is 914 g/mol. The summed E-state index contributed by atoms with van der Waals surface area (Å²) in [5, 5.41) is 20.5.